The molecular formula is C30H50O. The highest BCUT2D eigenvalue weighted by atomic mass is 16.3. The molecule has 0 unspecified atom stereocenters. The van der Waals surface area contributed by atoms with Gasteiger partial charge in [-0.1, -0.05) is 71.8 Å². The Morgan fingerprint density at radius 1 is 1.00 bits per heavy atom. The smallest absolute Gasteiger partial charge is 0.0569 e. The van der Waals surface area contributed by atoms with Gasteiger partial charge in [0.05, 0.1) is 6.10 Å². The van der Waals surface area contributed by atoms with Crippen molar-refractivity contribution in [2.24, 2.45) is 45.8 Å². The normalized spacial score (nSPS) is 45.8. The summed E-state index contributed by atoms with van der Waals surface area (Å²) < 4.78 is 0. The third-order valence-corrected chi connectivity index (χ3v) is 11.8. The molecule has 1 N–H and O–H groups in total. The van der Waals surface area contributed by atoms with Crippen LogP contribution in [0, 0.1) is 45.8 Å². The zero-order valence-electron chi connectivity index (χ0n) is 21.7. The Balaban J connectivity index is 1.60. The highest BCUT2D eigenvalue weighted by molar-refractivity contribution is 5.38. The van der Waals surface area contributed by atoms with Gasteiger partial charge in [0.15, 0.2) is 0 Å². The van der Waals surface area contributed by atoms with Crippen LogP contribution in [0.15, 0.2) is 23.3 Å². The number of rotatable bonds is 5. The van der Waals surface area contributed by atoms with Crippen LogP contribution < -0.4 is 0 Å². The Hall–Kier alpha value is -0.560. The predicted molar refractivity (Wildman–Crippen MR) is 133 cm³/mol. The highest BCUT2D eigenvalue weighted by Crippen LogP contribution is 2.71. The maximum absolute atomic E-state index is 10.6. The van der Waals surface area contributed by atoms with Crippen molar-refractivity contribution < 1.29 is 5.11 Å². The van der Waals surface area contributed by atoms with E-state index in [1.807, 2.05) is 11.1 Å². The quantitative estimate of drug-likeness (QED) is 0.438. The minimum Gasteiger partial charge on any atom is -0.393 e. The lowest BCUT2D eigenvalue weighted by Gasteiger charge is -2.60. The maximum Gasteiger partial charge on any atom is 0.0569 e. The fraction of sp³-hybridized carbons (Fsp3) is 0.867. The monoisotopic (exact) mass is 426 g/mol. The Bertz CT molecular complexity index is 746. The summed E-state index contributed by atoms with van der Waals surface area (Å²) in [6.45, 7) is 21.7. The number of aliphatic hydroxyl groups is 1. The number of fused-ring (bicyclic) bond motifs is 4. The summed E-state index contributed by atoms with van der Waals surface area (Å²) >= 11 is 0. The summed E-state index contributed by atoms with van der Waals surface area (Å²) in [5, 5.41) is 10.6. The van der Waals surface area contributed by atoms with E-state index in [9.17, 15) is 5.11 Å². The summed E-state index contributed by atoms with van der Waals surface area (Å²) in [5.41, 5.74) is 6.35. The summed E-state index contributed by atoms with van der Waals surface area (Å²) in [5.74, 6) is 3.40. The van der Waals surface area contributed by atoms with Gasteiger partial charge in [0.25, 0.3) is 0 Å². The number of hydrogen-bond acceptors (Lipinski definition) is 1. The van der Waals surface area contributed by atoms with E-state index in [1.54, 1.807) is 0 Å². The van der Waals surface area contributed by atoms with Gasteiger partial charge in [-0.25, -0.2) is 0 Å². The Labute approximate surface area is 193 Å². The van der Waals surface area contributed by atoms with Crippen molar-refractivity contribution in [3.63, 3.8) is 0 Å². The molecule has 0 aromatic heterocycles. The van der Waals surface area contributed by atoms with E-state index >= 15 is 0 Å². The van der Waals surface area contributed by atoms with E-state index < -0.39 is 0 Å². The molecule has 2 saturated carbocycles. The van der Waals surface area contributed by atoms with E-state index in [-0.39, 0.29) is 6.10 Å². The molecule has 1 heteroatoms. The van der Waals surface area contributed by atoms with E-state index in [1.165, 1.54) is 63.4 Å². The van der Waals surface area contributed by atoms with Crippen LogP contribution in [0.5, 0.6) is 0 Å². The Morgan fingerprint density at radius 2 is 1.71 bits per heavy atom. The van der Waals surface area contributed by atoms with Crippen molar-refractivity contribution in [2.45, 2.75) is 119 Å². The van der Waals surface area contributed by atoms with Crippen molar-refractivity contribution in [3.05, 3.63) is 23.3 Å². The van der Waals surface area contributed by atoms with Crippen LogP contribution in [-0.4, -0.2) is 11.2 Å². The molecular weight excluding hydrogens is 376 g/mol. The first-order valence-electron chi connectivity index (χ1n) is 13.5. The molecule has 0 amide bonds. The standard InChI is InChI=1S/C30H50O/c1-19(2)20(3)9-10-21(4)23-13-17-30(8)26-12-11-24-22(5)27(31)15-16-28(24,6)25(26)14-18-29(23,30)7/h19,21-24,27,31H,3,9-18H2,1-2,4-8H3/t21-,22+,23+,24+,27+,28+,29-,30-/m1/s1. The van der Waals surface area contributed by atoms with Crippen LogP contribution in [0.1, 0.15) is 113 Å². The van der Waals surface area contributed by atoms with Crippen LogP contribution in [0.4, 0.5) is 0 Å². The molecule has 0 bridgehead atoms. The molecule has 0 aromatic carbocycles. The number of allylic oxidation sites excluding steroid dienone is 3. The first kappa shape index (κ1) is 23.6. The summed E-state index contributed by atoms with van der Waals surface area (Å²) in [6, 6.07) is 0. The Kier molecular flexibility index (Phi) is 6.11. The van der Waals surface area contributed by atoms with Crippen LogP contribution >= 0.6 is 0 Å². The molecule has 31 heavy (non-hydrogen) atoms. The average Bonchev–Trinajstić information content (AvgIpc) is 3.00. The molecule has 0 aromatic rings. The van der Waals surface area contributed by atoms with E-state index in [0.717, 1.165) is 18.3 Å². The molecule has 8 atom stereocenters. The molecule has 1 nitrogen and oxygen atoms in total. The second-order valence-corrected chi connectivity index (χ2v) is 13.2. The Morgan fingerprint density at radius 3 is 2.39 bits per heavy atom. The van der Waals surface area contributed by atoms with Gasteiger partial charge in [-0.05, 0) is 110 Å². The van der Waals surface area contributed by atoms with Gasteiger partial charge < -0.3 is 5.11 Å². The average molecular weight is 427 g/mol. The van der Waals surface area contributed by atoms with E-state index in [2.05, 4.69) is 55.0 Å². The predicted octanol–water partition coefficient (Wildman–Crippen LogP) is 8.34. The van der Waals surface area contributed by atoms with Crippen LogP contribution in [0.2, 0.25) is 0 Å². The second kappa shape index (κ2) is 8.03. The fourth-order valence-corrected chi connectivity index (χ4v) is 9.16. The zero-order chi connectivity index (χ0) is 22.8. The molecule has 2 fully saturated rings. The van der Waals surface area contributed by atoms with Gasteiger partial charge in [-0.15, -0.1) is 0 Å². The van der Waals surface area contributed by atoms with Crippen LogP contribution in [-0.2, 0) is 0 Å². The van der Waals surface area contributed by atoms with Crippen LogP contribution in [0.25, 0.3) is 0 Å². The van der Waals surface area contributed by atoms with Crippen molar-refractivity contribution in [1.82, 2.24) is 0 Å². The lowest BCUT2D eigenvalue weighted by molar-refractivity contribution is -0.0413. The minimum absolute atomic E-state index is 0.0815. The molecule has 0 aliphatic heterocycles. The zero-order valence-corrected chi connectivity index (χ0v) is 21.7. The third kappa shape index (κ3) is 3.43. The summed E-state index contributed by atoms with van der Waals surface area (Å²) in [7, 11) is 0. The second-order valence-electron chi connectivity index (χ2n) is 13.2. The molecule has 0 spiro atoms. The third-order valence-electron chi connectivity index (χ3n) is 11.8. The molecule has 0 radical (unpaired) electrons. The van der Waals surface area contributed by atoms with Gasteiger partial charge in [-0.3, -0.25) is 0 Å². The summed E-state index contributed by atoms with van der Waals surface area (Å²) in [6.07, 6.45) is 12.7. The topological polar surface area (TPSA) is 20.2 Å². The van der Waals surface area contributed by atoms with Gasteiger partial charge in [0.2, 0.25) is 0 Å². The fourth-order valence-electron chi connectivity index (χ4n) is 9.16. The van der Waals surface area contributed by atoms with Gasteiger partial charge in [0, 0.05) is 0 Å². The molecule has 4 aliphatic rings. The molecule has 176 valence electrons. The largest absolute Gasteiger partial charge is 0.393 e. The van der Waals surface area contributed by atoms with Crippen molar-refractivity contribution >= 4 is 0 Å². The van der Waals surface area contributed by atoms with Gasteiger partial charge in [0.1, 0.15) is 0 Å². The van der Waals surface area contributed by atoms with E-state index in [4.69, 9.17) is 0 Å². The van der Waals surface area contributed by atoms with Gasteiger partial charge >= 0.3 is 0 Å². The molecule has 0 heterocycles. The lowest BCUT2D eigenvalue weighted by Crippen LogP contribution is -2.51. The van der Waals surface area contributed by atoms with E-state index in [0.29, 0.717) is 34.0 Å². The maximum atomic E-state index is 10.6. The first-order valence-corrected chi connectivity index (χ1v) is 13.5. The van der Waals surface area contributed by atoms with Gasteiger partial charge in [-0.2, -0.15) is 0 Å². The summed E-state index contributed by atoms with van der Waals surface area (Å²) in [4.78, 5) is 0. The van der Waals surface area contributed by atoms with Crippen LogP contribution in [0.3, 0.4) is 0 Å². The van der Waals surface area contributed by atoms with Crippen molar-refractivity contribution in [3.8, 4) is 0 Å². The lowest BCUT2D eigenvalue weighted by atomic mass is 9.45. The highest BCUT2D eigenvalue weighted by Gasteiger charge is 2.62. The number of aliphatic hydroxyl groups excluding tert-OH is 1. The SMILES string of the molecule is C=C(CC[C@@H](C)[C@@H]1CC[C@]2(C)C3=C(CC[C@]12C)[C@@]1(C)CC[C@H](O)[C@@H](C)[C@@H]1CC3)C(C)C. The van der Waals surface area contributed by atoms with Crippen molar-refractivity contribution in [1.29, 1.82) is 0 Å². The number of hydrogen-bond donors (Lipinski definition) is 1. The van der Waals surface area contributed by atoms with Crippen molar-refractivity contribution in [2.75, 3.05) is 0 Å². The minimum atomic E-state index is -0.0815. The molecule has 4 rings (SSSR count). The molecule has 0 saturated heterocycles. The first-order chi connectivity index (χ1) is 14.5. The molecule has 4 aliphatic carbocycles.